The second-order valence-electron chi connectivity index (χ2n) is 1.82. The fourth-order valence-corrected chi connectivity index (χ4v) is 0.914. The Morgan fingerprint density at radius 3 is 2.22 bits per heavy atom. The number of aliphatic hydroxyl groups excluding tert-OH is 1. The monoisotopic (exact) mass is 188 g/mol. The fourth-order valence-electron chi connectivity index (χ4n) is 0.601. The second-order valence-corrected chi connectivity index (χ2v) is 2.91. The molecule has 2 heteroatoms. The maximum atomic E-state index is 8.62. The van der Waals surface area contributed by atoms with E-state index in [1.165, 1.54) is 4.46 Å². The van der Waals surface area contributed by atoms with E-state index in [-0.39, 0.29) is 6.61 Å². The minimum atomic E-state index is 0.132. The third-order valence-corrected chi connectivity index (χ3v) is 1.74. The Bertz CT molecular complexity index is 181. The average Bonchev–Trinajstić information content (AvgIpc) is 1.90. The van der Waals surface area contributed by atoms with Crippen LogP contribution >= 0.6 is 0 Å². The maximum absolute atomic E-state index is 8.62. The van der Waals surface area contributed by atoms with Crippen LogP contribution in [0.25, 0.3) is 0 Å². The molecule has 0 saturated heterocycles. The Morgan fingerprint density at radius 1 is 1.22 bits per heavy atom. The fraction of sp³-hybridized carbons (Fsp3) is 0.143. The van der Waals surface area contributed by atoms with Gasteiger partial charge in [0.25, 0.3) is 0 Å². The van der Waals surface area contributed by atoms with Crippen LogP contribution < -0.4 is 4.46 Å². The van der Waals surface area contributed by atoms with E-state index in [0.29, 0.717) is 0 Å². The Balaban J connectivity index is 2.88. The molecule has 0 bridgehead atoms. The van der Waals surface area contributed by atoms with Crippen LogP contribution in [0.5, 0.6) is 0 Å². The first-order valence-corrected chi connectivity index (χ1v) is 3.65. The molecule has 0 fully saturated rings. The van der Waals surface area contributed by atoms with Crippen molar-refractivity contribution in [2.24, 2.45) is 0 Å². The van der Waals surface area contributed by atoms with Gasteiger partial charge in [0.15, 0.2) is 0 Å². The van der Waals surface area contributed by atoms with Crippen LogP contribution in [0.15, 0.2) is 24.3 Å². The summed E-state index contributed by atoms with van der Waals surface area (Å²) in [5.74, 6) is 0. The van der Waals surface area contributed by atoms with Crippen molar-refractivity contribution >= 4 is 20.5 Å². The summed E-state index contributed by atoms with van der Waals surface area (Å²) in [4.78, 5) is 0. The van der Waals surface area contributed by atoms with Gasteiger partial charge in [0.05, 0.1) is 0 Å². The summed E-state index contributed by atoms with van der Waals surface area (Å²) in [6.07, 6.45) is 0. The average molecular weight is 187 g/mol. The van der Waals surface area contributed by atoms with Gasteiger partial charge in [-0.2, -0.15) is 0 Å². The summed E-state index contributed by atoms with van der Waals surface area (Å²) in [6, 6.07) is 7.75. The third-order valence-electron chi connectivity index (χ3n) is 1.12. The van der Waals surface area contributed by atoms with E-state index in [1.807, 2.05) is 24.3 Å². The van der Waals surface area contributed by atoms with Gasteiger partial charge in [-0.05, 0) is 0 Å². The van der Waals surface area contributed by atoms with E-state index in [2.05, 4.69) is 16.0 Å². The second kappa shape index (κ2) is 3.02. The summed E-state index contributed by atoms with van der Waals surface area (Å²) in [5.41, 5.74) is 0.963. The van der Waals surface area contributed by atoms with Crippen molar-refractivity contribution in [3.05, 3.63) is 29.8 Å². The van der Waals surface area contributed by atoms with Gasteiger partial charge in [-0.3, -0.25) is 0 Å². The summed E-state index contributed by atoms with van der Waals surface area (Å²) in [5, 5.41) is 8.62. The van der Waals surface area contributed by atoms with Crippen molar-refractivity contribution in [3.8, 4) is 0 Å². The zero-order valence-electron chi connectivity index (χ0n) is 4.91. The molecule has 1 nitrogen and oxygen atoms in total. The number of aliphatic hydroxyl groups is 1. The number of hydrogen-bond donors (Lipinski definition) is 1. The van der Waals surface area contributed by atoms with E-state index < -0.39 is 0 Å². The van der Waals surface area contributed by atoms with Crippen molar-refractivity contribution in [1.82, 2.24) is 0 Å². The van der Waals surface area contributed by atoms with Crippen molar-refractivity contribution in [3.63, 3.8) is 0 Å². The van der Waals surface area contributed by atoms with E-state index in [4.69, 9.17) is 5.11 Å². The van der Waals surface area contributed by atoms with Gasteiger partial charge in [0.1, 0.15) is 0 Å². The summed E-state index contributed by atoms with van der Waals surface area (Å²) in [7, 11) is 0. The first kappa shape index (κ1) is 6.81. The van der Waals surface area contributed by atoms with Gasteiger partial charge in [0.2, 0.25) is 0 Å². The molecule has 1 aromatic carbocycles. The first-order valence-electron chi connectivity index (χ1n) is 2.71. The van der Waals surface area contributed by atoms with E-state index in [1.54, 1.807) is 0 Å². The van der Waals surface area contributed by atoms with Gasteiger partial charge in [-0.25, -0.2) is 0 Å². The zero-order chi connectivity index (χ0) is 6.69. The molecule has 1 rings (SSSR count). The molecule has 0 saturated carbocycles. The number of hydrogen-bond acceptors (Lipinski definition) is 1. The zero-order valence-corrected chi connectivity index (χ0v) is 6.79. The quantitative estimate of drug-likeness (QED) is 0.599. The Labute approximate surface area is 62.5 Å². The molecule has 0 aliphatic carbocycles. The van der Waals surface area contributed by atoms with Gasteiger partial charge in [0, 0.05) is 0 Å². The molecule has 0 spiro atoms. The molecular weight excluding hydrogens is 179 g/mol. The standard InChI is InChI=1S/C7H8OSe/c8-5-6-1-3-7(9)4-2-6/h1-4,8-9H,5H2. The summed E-state index contributed by atoms with van der Waals surface area (Å²) < 4.78 is 1.17. The molecule has 48 valence electrons. The predicted octanol–water partition coefficient (Wildman–Crippen LogP) is -0.295. The Morgan fingerprint density at radius 2 is 1.78 bits per heavy atom. The van der Waals surface area contributed by atoms with Crippen LogP contribution in [-0.4, -0.2) is 21.1 Å². The van der Waals surface area contributed by atoms with Crippen LogP contribution in [0.4, 0.5) is 0 Å². The van der Waals surface area contributed by atoms with Gasteiger partial charge in [-0.1, -0.05) is 0 Å². The van der Waals surface area contributed by atoms with Crippen LogP contribution in [0, 0.1) is 0 Å². The molecular formula is C7H8OSe. The molecule has 0 radical (unpaired) electrons. The number of rotatable bonds is 1. The topological polar surface area (TPSA) is 20.2 Å². The molecule has 0 aromatic heterocycles. The molecule has 1 aromatic rings. The van der Waals surface area contributed by atoms with Crippen molar-refractivity contribution < 1.29 is 5.11 Å². The van der Waals surface area contributed by atoms with Crippen molar-refractivity contribution in [2.45, 2.75) is 6.61 Å². The normalized spacial score (nSPS) is 9.56. The van der Waals surface area contributed by atoms with Crippen LogP contribution in [0.2, 0.25) is 0 Å². The van der Waals surface area contributed by atoms with Gasteiger partial charge >= 0.3 is 62.0 Å². The Kier molecular flexibility index (Phi) is 2.29. The summed E-state index contributed by atoms with van der Waals surface area (Å²) in [6.45, 7) is 0.132. The molecule has 0 unspecified atom stereocenters. The predicted molar refractivity (Wildman–Crippen MR) is 39.1 cm³/mol. The molecule has 1 N–H and O–H groups in total. The van der Waals surface area contributed by atoms with Crippen LogP contribution in [0.3, 0.4) is 0 Å². The molecule has 0 atom stereocenters. The molecule has 0 heterocycles. The summed E-state index contributed by atoms with van der Waals surface area (Å²) >= 11 is 2.45. The van der Waals surface area contributed by atoms with Gasteiger partial charge < -0.3 is 0 Å². The van der Waals surface area contributed by atoms with E-state index in [9.17, 15) is 0 Å². The minimum absolute atomic E-state index is 0.132. The molecule has 9 heavy (non-hydrogen) atoms. The molecule has 0 aliphatic rings. The van der Waals surface area contributed by atoms with E-state index >= 15 is 0 Å². The SMILES string of the molecule is OCc1ccc([SeH])cc1. The molecule has 0 amide bonds. The van der Waals surface area contributed by atoms with Crippen molar-refractivity contribution in [1.29, 1.82) is 0 Å². The van der Waals surface area contributed by atoms with Crippen LogP contribution in [-0.2, 0) is 6.61 Å². The number of benzene rings is 1. The third kappa shape index (κ3) is 1.83. The Hall–Kier alpha value is -0.301. The van der Waals surface area contributed by atoms with Gasteiger partial charge in [-0.15, -0.1) is 0 Å². The van der Waals surface area contributed by atoms with E-state index in [0.717, 1.165) is 5.56 Å². The van der Waals surface area contributed by atoms with Crippen molar-refractivity contribution in [2.75, 3.05) is 0 Å². The first-order chi connectivity index (χ1) is 4.33. The van der Waals surface area contributed by atoms with Crippen LogP contribution in [0.1, 0.15) is 5.56 Å². The molecule has 0 aliphatic heterocycles.